The molecule has 0 atom stereocenters. The highest BCUT2D eigenvalue weighted by Crippen LogP contribution is 2.40. The van der Waals surface area contributed by atoms with Gasteiger partial charge in [0.25, 0.3) is 0 Å². The molecule has 0 bridgehead atoms. The van der Waals surface area contributed by atoms with Crippen LogP contribution in [0.3, 0.4) is 0 Å². The molecule has 3 N–H and O–H groups in total. The van der Waals surface area contributed by atoms with Gasteiger partial charge in [-0.1, -0.05) is 23.9 Å². The normalized spacial score (nSPS) is 11.2. The number of amides is 1. The number of nitrogen functional groups attached to an aromatic ring is 1. The molecule has 33 heavy (non-hydrogen) atoms. The molecule has 0 saturated heterocycles. The Labute approximate surface area is 195 Å². The molecular weight excluding hydrogens is 463 g/mol. The number of thioether (sulfide) groups is 1. The van der Waals surface area contributed by atoms with Crippen LogP contribution in [0, 0.1) is 5.82 Å². The molecule has 0 aliphatic rings. The number of thiophene rings is 1. The summed E-state index contributed by atoms with van der Waals surface area (Å²) >= 11 is 2.62. The van der Waals surface area contributed by atoms with E-state index < -0.39 is 5.82 Å². The molecule has 0 unspecified atom stereocenters. The van der Waals surface area contributed by atoms with E-state index in [9.17, 15) is 9.18 Å². The minimum Gasteiger partial charge on any atom is -0.467 e. The zero-order chi connectivity index (χ0) is 22.8. The number of fused-ring (bicyclic) bond motifs is 1. The van der Waals surface area contributed by atoms with Crippen molar-refractivity contribution >= 4 is 50.6 Å². The standard InChI is InChI=1S/C22H17FN6O2S2/c23-15-7-1-2-8-16(15)26-17(30)12-32-22-28-27-20(29(22)11-13-5-4-10-31-13)19-18(24)14-6-3-9-25-21(14)33-19/h1-10H,11-12,24H2,(H,26,30). The molecule has 0 aliphatic heterocycles. The molecule has 8 nitrogen and oxygen atoms in total. The zero-order valence-electron chi connectivity index (χ0n) is 17.1. The fraction of sp³-hybridized carbons (Fsp3) is 0.0909. The average molecular weight is 481 g/mol. The lowest BCUT2D eigenvalue weighted by Crippen LogP contribution is -2.15. The fourth-order valence-corrected chi connectivity index (χ4v) is 5.06. The van der Waals surface area contributed by atoms with Gasteiger partial charge < -0.3 is 15.5 Å². The highest BCUT2D eigenvalue weighted by molar-refractivity contribution is 7.99. The molecular formula is C22H17FN6O2S2. The summed E-state index contributed by atoms with van der Waals surface area (Å²) in [5, 5.41) is 12.6. The first-order valence-corrected chi connectivity index (χ1v) is 11.7. The Morgan fingerprint density at radius 1 is 1.18 bits per heavy atom. The van der Waals surface area contributed by atoms with Crippen LogP contribution in [0.25, 0.3) is 20.9 Å². The molecule has 1 aromatic carbocycles. The molecule has 5 aromatic rings. The lowest BCUT2D eigenvalue weighted by atomic mass is 10.2. The number of hydrogen-bond donors (Lipinski definition) is 2. The number of nitrogens with one attached hydrogen (secondary N) is 1. The predicted molar refractivity (Wildman–Crippen MR) is 127 cm³/mol. The van der Waals surface area contributed by atoms with E-state index in [0.717, 1.165) is 15.1 Å². The molecule has 1 amide bonds. The molecule has 4 aromatic heterocycles. The number of nitrogens with zero attached hydrogens (tertiary/aromatic N) is 4. The van der Waals surface area contributed by atoms with E-state index in [1.165, 1.54) is 35.2 Å². The molecule has 0 saturated carbocycles. The highest BCUT2D eigenvalue weighted by atomic mass is 32.2. The Morgan fingerprint density at radius 3 is 2.85 bits per heavy atom. The lowest BCUT2D eigenvalue weighted by molar-refractivity contribution is -0.113. The van der Waals surface area contributed by atoms with E-state index in [-0.39, 0.29) is 17.3 Å². The summed E-state index contributed by atoms with van der Waals surface area (Å²) in [6.07, 6.45) is 3.30. The Balaban J connectivity index is 1.43. The average Bonchev–Trinajstić information content (AvgIpc) is 3.55. The summed E-state index contributed by atoms with van der Waals surface area (Å²) in [6, 6.07) is 13.4. The van der Waals surface area contributed by atoms with Gasteiger partial charge in [0.05, 0.1) is 34.8 Å². The molecule has 11 heteroatoms. The number of aromatic nitrogens is 4. The summed E-state index contributed by atoms with van der Waals surface area (Å²) in [4.78, 5) is 18.3. The van der Waals surface area contributed by atoms with Crippen molar-refractivity contribution in [2.75, 3.05) is 16.8 Å². The third-order valence-corrected chi connectivity index (χ3v) is 6.89. The van der Waals surface area contributed by atoms with Gasteiger partial charge in [-0.05, 0) is 36.4 Å². The molecule has 0 spiro atoms. The van der Waals surface area contributed by atoms with E-state index in [1.807, 2.05) is 22.8 Å². The monoisotopic (exact) mass is 480 g/mol. The van der Waals surface area contributed by atoms with Crippen LogP contribution in [0.5, 0.6) is 0 Å². The van der Waals surface area contributed by atoms with Crippen LogP contribution in [0.4, 0.5) is 15.8 Å². The number of carbonyl (C=O) groups excluding carboxylic acids is 1. The maximum absolute atomic E-state index is 13.8. The molecule has 5 rings (SSSR count). The fourth-order valence-electron chi connectivity index (χ4n) is 3.26. The second-order valence-corrected chi connectivity index (χ2v) is 8.93. The van der Waals surface area contributed by atoms with E-state index in [0.29, 0.717) is 29.0 Å². The van der Waals surface area contributed by atoms with Gasteiger partial charge in [0.2, 0.25) is 5.91 Å². The van der Waals surface area contributed by atoms with Gasteiger partial charge in [-0.25, -0.2) is 9.37 Å². The van der Waals surface area contributed by atoms with Gasteiger partial charge in [0.15, 0.2) is 11.0 Å². The maximum atomic E-state index is 13.8. The van der Waals surface area contributed by atoms with Crippen LogP contribution < -0.4 is 11.1 Å². The summed E-state index contributed by atoms with van der Waals surface area (Å²) in [5.41, 5.74) is 7.11. The number of halogens is 1. The summed E-state index contributed by atoms with van der Waals surface area (Å²) in [5.74, 6) is 0.432. The number of rotatable bonds is 7. The Morgan fingerprint density at radius 2 is 2.06 bits per heavy atom. The molecule has 0 aliphatic carbocycles. The topological polar surface area (TPSA) is 112 Å². The van der Waals surface area contributed by atoms with Crippen molar-refractivity contribution in [2.24, 2.45) is 0 Å². The zero-order valence-corrected chi connectivity index (χ0v) is 18.7. The van der Waals surface area contributed by atoms with Gasteiger partial charge >= 0.3 is 0 Å². The summed E-state index contributed by atoms with van der Waals surface area (Å²) in [6.45, 7) is 0.355. The van der Waals surface area contributed by atoms with Gasteiger partial charge in [-0.2, -0.15) is 0 Å². The third kappa shape index (κ3) is 4.32. The van der Waals surface area contributed by atoms with E-state index in [4.69, 9.17) is 10.2 Å². The van der Waals surface area contributed by atoms with Crippen molar-refractivity contribution in [3.05, 3.63) is 72.6 Å². The maximum Gasteiger partial charge on any atom is 0.234 e. The van der Waals surface area contributed by atoms with Crippen LogP contribution in [-0.4, -0.2) is 31.4 Å². The third-order valence-electron chi connectivity index (χ3n) is 4.80. The number of anilines is 2. The van der Waals surface area contributed by atoms with Gasteiger partial charge in [-0.3, -0.25) is 9.36 Å². The lowest BCUT2D eigenvalue weighted by Gasteiger charge is -2.09. The Kier molecular flexibility index (Phi) is 5.80. The second-order valence-electron chi connectivity index (χ2n) is 6.99. The van der Waals surface area contributed by atoms with E-state index in [1.54, 1.807) is 30.7 Å². The van der Waals surface area contributed by atoms with Crippen LogP contribution in [0.15, 0.2) is 70.6 Å². The van der Waals surface area contributed by atoms with Crippen LogP contribution >= 0.6 is 23.1 Å². The van der Waals surface area contributed by atoms with E-state index in [2.05, 4.69) is 20.5 Å². The van der Waals surface area contributed by atoms with Crippen molar-refractivity contribution < 1.29 is 13.6 Å². The van der Waals surface area contributed by atoms with Crippen molar-refractivity contribution in [1.82, 2.24) is 19.7 Å². The number of pyridine rings is 1. The number of carbonyl (C=O) groups is 1. The van der Waals surface area contributed by atoms with Crippen molar-refractivity contribution in [3.63, 3.8) is 0 Å². The number of para-hydroxylation sites is 1. The SMILES string of the molecule is Nc1c(-c2nnc(SCC(=O)Nc3ccccc3F)n2Cc2ccco2)sc2ncccc12. The van der Waals surface area contributed by atoms with Gasteiger partial charge in [-0.15, -0.1) is 21.5 Å². The number of furan rings is 1. The van der Waals surface area contributed by atoms with Gasteiger partial charge in [0.1, 0.15) is 16.4 Å². The van der Waals surface area contributed by atoms with Crippen LogP contribution in [0.2, 0.25) is 0 Å². The summed E-state index contributed by atoms with van der Waals surface area (Å²) in [7, 11) is 0. The molecule has 0 radical (unpaired) electrons. The Hall–Kier alpha value is -3.70. The largest absolute Gasteiger partial charge is 0.467 e. The second kappa shape index (κ2) is 9.04. The highest BCUT2D eigenvalue weighted by Gasteiger charge is 2.22. The van der Waals surface area contributed by atoms with Crippen LogP contribution in [-0.2, 0) is 11.3 Å². The minimum atomic E-state index is -0.493. The minimum absolute atomic E-state index is 0.0219. The van der Waals surface area contributed by atoms with Crippen molar-refractivity contribution in [1.29, 1.82) is 0 Å². The molecule has 0 fully saturated rings. The van der Waals surface area contributed by atoms with Crippen LogP contribution in [0.1, 0.15) is 5.76 Å². The number of nitrogens with two attached hydrogens (primary N) is 1. The Bertz CT molecular complexity index is 1430. The first-order chi connectivity index (χ1) is 16.1. The molecule has 166 valence electrons. The number of benzene rings is 1. The first kappa shape index (κ1) is 21.2. The smallest absolute Gasteiger partial charge is 0.234 e. The van der Waals surface area contributed by atoms with Crippen molar-refractivity contribution in [3.8, 4) is 10.7 Å². The molecule has 4 heterocycles. The van der Waals surface area contributed by atoms with E-state index >= 15 is 0 Å². The number of hydrogen-bond acceptors (Lipinski definition) is 8. The quantitative estimate of drug-likeness (QED) is 0.326. The van der Waals surface area contributed by atoms with Crippen molar-refractivity contribution in [2.45, 2.75) is 11.7 Å². The predicted octanol–water partition coefficient (Wildman–Crippen LogP) is 4.65. The van der Waals surface area contributed by atoms with Gasteiger partial charge in [0, 0.05) is 11.6 Å². The first-order valence-electron chi connectivity index (χ1n) is 9.86. The summed E-state index contributed by atoms with van der Waals surface area (Å²) < 4.78 is 21.2.